The molecule has 1 aromatic heterocycles. The fraction of sp³-hybridized carbons (Fsp3) is 0.273. The Balaban J connectivity index is 1.48. The second-order valence-corrected chi connectivity index (χ2v) is 9.47. The minimum atomic E-state index is -3.26. The molecule has 0 unspecified atom stereocenters. The number of hydrogen-bond acceptors (Lipinski definition) is 7. The van der Waals surface area contributed by atoms with Crippen LogP contribution >= 0.6 is 0 Å². The van der Waals surface area contributed by atoms with E-state index in [0.717, 1.165) is 49.5 Å². The van der Waals surface area contributed by atoms with Gasteiger partial charge in [0.25, 0.3) is 0 Å². The topological polar surface area (TPSA) is 92.4 Å². The summed E-state index contributed by atoms with van der Waals surface area (Å²) >= 11 is 0. The number of aromatic nitrogens is 2. The Morgan fingerprint density at radius 2 is 1.57 bits per heavy atom. The standard InChI is InChI=1S/C22H25N5O2S/c1-30(28,29)21-9-5-4-8-20(21)27-12-10-26(11-13-27)16-17-6-2-3-7-19(17)18-14-24-22(23)25-15-18/h2-9,14-15H,10-13,16H2,1H3,(H2,23,24,25). The number of piperazine rings is 1. The van der Waals surface area contributed by atoms with E-state index >= 15 is 0 Å². The number of nitrogen functional groups attached to an aromatic ring is 1. The number of rotatable bonds is 5. The monoisotopic (exact) mass is 423 g/mol. The van der Waals surface area contributed by atoms with E-state index in [9.17, 15) is 8.42 Å². The Labute approximate surface area is 177 Å². The van der Waals surface area contributed by atoms with Gasteiger partial charge in [0.1, 0.15) is 0 Å². The number of benzene rings is 2. The van der Waals surface area contributed by atoms with Crippen molar-refractivity contribution in [2.24, 2.45) is 0 Å². The first-order valence-electron chi connectivity index (χ1n) is 9.84. The van der Waals surface area contributed by atoms with E-state index in [-0.39, 0.29) is 5.95 Å². The molecule has 4 rings (SSSR count). The Morgan fingerprint density at radius 1 is 0.933 bits per heavy atom. The Hall–Kier alpha value is -2.97. The van der Waals surface area contributed by atoms with Crippen LogP contribution in [0.2, 0.25) is 0 Å². The maximum Gasteiger partial charge on any atom is 0.219 e. The fourth-order valence-electron chi connectivity index (χ4n) is 3.84. The number of hydrogen-bond donors (Lipinski definition) is 1. The molecule has 2 N–H and O–H groups in total. The van der Waals surface area contributed by atoms with Crippen molar-refractivity contribution in [3.05, 3.63) is 66.5 Å². The van der Waals surface area contributed by atoms with Gasteiger partial charge in [0, 0.05) is 56.9 Å². The summed E-state index contributed by atoms with van der Waals surface area (Å²) in [6.07, 6.45) is 4.77. The van der Waals surface area contributed by atoms with Crippen molar-refractivity contribution in [2.45, 2.75) is 11.4 Å². The molecular formula is C22H25N5O2S. The molecule has 156 valence electrons. The van der Waals surface area contributed by atoms with E-state index in [4.69, 9.17) is 5.73 Å². The van der Waals surface area contributed by atoms with E-state index in [1.807, 2.05) is 24.3 Å². The van der Waals surface area contributed by atoms with Gasteiger partial charge in [0.2, 0.25) is 5.95 Å². The molecule has 1 aliphatic rings. The first-order chi connectivity index (χ1) is 14.4. The van der Waals surface area contributed by atoms with Crippen LogP contribution in [-0.2, 0) is 16.4 Å². The van der Waals surface area contributed by atoms with Crippen LogP contribution in [0.4, 0.5) is 11.6 Å². The third-order valence-electron chi connectivity index (χ3n) is 5.37. The molecule has 0 bridgehead atoms. The van der Waals surface area contributed by atoms with Crippen molar-refractivity contribution < 1.29 is 8.42 Å². The van der Waals surface area contributed by atoms with E-state index in [1.54, 1.807) is 24.5 Å². The summed E-state index contributed by atoms with van der Waals surface area (Å²) in [6.45, 7) is 4.07. The maximum atomic E-state index is 12.1. The summed E-state index contributed by atoms with van der Waals surface area (Å²) in [6, 6.07) is 15.5. The molecule has 1 fully saturated rings. The normalized spacial score (nSPS) is 15.3. The second-order valence-electron chi connectivity index (χ2n) is 7.49. The number of anilines is 2. The Kier molecular flexibility index (Phi) is 5.69. The minimum absolute atomic E-state index is 0.265. The van der Waals surface area contributed by atoms with Gasteiger partial charge < -0.3 is 10.6 Å². The fourth-order valence-corrected chi connectivity index (χ4v) is 4.74. The summed E-state index contributed by atoms with van der Waals surface area (Å²) in [7, 11) is -3.26. The molecular weight excluding hydrogens is 398 g/mol. The summed E-state index contributed by atoms with van der Waals surface area (Å²) in [4.78, 5) is 13.2. The van der Waals surface area contributed by atoms with Gasteiger partial charge in [-0.15, -0.1) is 0 Å². The first-order valence-corrected chi connectivity index (χ1v) is 11.7. The van der Waals surface area contributed by atoms with Crippen LogP contribution < -0.4 is 10.6 Å². The molecule has 1 saturated heterocycles. The first kappa shape index (κ1) is 20.3. The highest BCUT2D eigenvalue weighted by molar-refractivity contribution is 7.90. The molecule has 0 spiro atoms. The van der Waals surface area contributed by atoms with E-state index < -0.39 is 9.84 Å². The zero-order valence-corrected chi connectivity index (χ0v) is 17.7. The predicted molar refractivity (Wildman–Crippen MR) is 119 cm³/mol. The zero-order valence-electron chi connectivity index (χ0n) is 16.9. The largest absolute Gasteiger partial charge is 0.368 e. The maximum absolute atomic E-state index is 12.1. The van der Waals surface area contributed by atoms with Gasteiger partial charge in [0.15, 0.2) is 9.84 Å². The molecule has 1 aliphatic heterocycles. The van der Waals surface area contributed by atoms with Crippen molar-refractivity contribution in [3.63, 3.8) is 0 Å². The van der Waals surface area contributed by atoms with E-state index in [1.165, 1.54) is 11.8 Å². The molecule has 7 nitrogen and oxygen atoms in total. The lowest BCUT2D eigenvalue weighted by atomic mass is 10.0. The Morgan fingerprint density at radius 3 is 2.27 bits per heavy atom. The lowest BCUT2D eigenvalue weighted by Crippen LogP contribution is -2.46. The third kappa shape index (κ3) is 4.44. The van der Waals surface area contributed by atoms with Gasteiger partial charge >= 0.3 is 0 Å². The van der Waals surface area contributed by atoms with Crippen molar-refractivity contribution in [1.82, 2.24) is 14.9 Å². The highest BCUT2D eigenvalue weighted by atomic mass is 32.2. The number of sulfone groups is 1. The van der Waals surface area contributed by atoms with Gasteiger partial charge in [0.05, 0.1) is 10.6 Å². The lowest BCUT2D eigenvalue weighted by molar-refractivity contribution is 0.250. The number of nitrogens with zero attached hydrogens (tertiary/aromatic N) is 4. The number of nitrogens with two attached hydrogens (primary N) is 1. The average molecular weight is 424 g/mol. The summed E-state index contributed by atoms with van der Waals surface area (Å²) in [5, 5.41) is 0. The lowest BCUT2D eigenvalue weighted by Gasteiger charge is -2.37. The SMILES string of the molecule is CS(=O)(=O)c1ccccc1N1CCN(Cc2ccccc2-c2cnc(N)nc2)CC1. The minimum Gasteiger partial charge on any atom is -0.368 e. The van der Waals surface area contributed by atoms with E-state index in [2.05, 4.69) is 31.9 Å². The van der Waals surface area contributed by atoms with Crippen LogP contribution in [0, 0.1) is 0 Å². The van der Waals surface area contributed by atoms with Crippen molar-refractivity contribution in [2.75, 3.05) is 43.1 Å². The molecule has 3 aromatic rings. The van der Waals surface area contributed by atoms with Crippen molar-refractivity contribution >= 4 is 21.5 Å². The smallest absolute Gasteiger partial charge is 0.219 e. The van der Waals surface area contributed by atoms with Gasteiger partial charge in [-0.3, -0.25) is 4.90 Å². The van der Waals surface area contributed by atoms with Gasteiger partial charge in [-0.05, 0) is 23.3 Å². The van der Waals surface area contributed by atoms with Crippen LogP contribution in [0.25, 0.3) is 11.1 Å². The molecule has 0 atom stereocenters. The quantitative estimate of drug-likeness (QED) is 0.674. The molecule has 2 aromatic carbocycles. The van der Waals surface area contributed by atoms with Crippen LogP contribution in [0.5, 0.6) is 0 Å². The third-order valence-corrected chi connectivity index (χ3v) is 6.52. The van der Waals surface area contributed by atoms with Crippen LogP contribution in [0.15, 0.2) is 65.8 Å². The molecule has 8 heteroatoms. The van der Waals surface area contributed by atoms with Crippen molar-refractivity contribution in [1.29, 1.82) is 0 Å². The number of para-hydroxylation sites is 1. The van der Waals surface area contributed by atoms with Gasteiger partial charge in [-0.2, -0.15) is 0 Å². The second kappa shape index (κ2) is 8.41. The summed E-state index contributed by atoms with van der Waals surface area (Å²) < 4.78 is 24.3. The van der Waals surface area contributed by atoms with E-state index in [0.29, 0.717) is 4.90 Å². The van der Waals surface area contributed by atoms with Gasteiger partial charge in [-0.25, -0.2) is 18.4 Å². The molecule has 0 saturated carbocycles. The molecule has 30 heavy (non-hydrogen) atoms. The van der Waals surface area contributed by atoms with Gasteiger partial charge in [-0.1, -0.05) is 36.4 Å². The highest BCUT2D eigenvalue weighted by Crippen LogP contribution is 2.27. The van der Waals surface area contributed by atoms with Crippen molar-refractivity contribution in [3.8, 4) is 11.1 Å². The summed E-state index contributed by atoms with van der Waals surface area (Å²) in [5.74, 6) is 0.265. The molecule has 0 amide bonds. The summed E-state index contributed by atoms with van der Waals surface area (Å²) in [5.41, 5.74) is 9.66. The van der Waals surface area contributed by atoms with Crippen LogP contribution in [-0.4, -0.2) is 55.7 Å². The van der Waals surface area contributed by atoms with Crippen LogP contribution in [0.1, 0.15) is 5.56 Å². The molecule has 0 radical (unpaired) electrons. The van der Waals surface area contributed by atoms with Crippen LogP contribution in [0.3, 0.4) is 0 Å². The average Bonchev–Trinajstić information content (AvgIpc) is 2.75. The predicted octanol–water partition coefficient (Wildman–Crippen LogP) is 2.45. The Bertz CT molecular complexity index is 1120. The highest BCUT2D eigenvalue weighted by Gasteiger charge is 2.22. The zero-order chi connectivity index (χ0) is 21.1. The molecule has 2 heterocycles. The molecule has 0 aliphatic carbocycles.